The average molecular weight is 647 g/mol. The smallest absolute Gasteiger partial charge is 0.242 e. The molecule has 0 aromatic heterocycles. The highest BCUT2D eigenvalue weighted by molar-refractivity contribution is 7.88. The van der Waals surface area contributed by atoms with Crippen molar-refractivity contribution in [2.75, 3.05) is 13.1 Å². The van der Waals surface area contributed by atoms with Gasteiger partial charge in [-0.05, 0) is 80.6 Å². The quantitative estimate of drug-likeness (QED) is 0.0972. The summed E-state index contributed by atoms with van der Waals surface area (Å²) in [6.07, 6.45) is 4.77. The molecule has 2 unspecified atom stereocenters. The van der Waals surface area contributed by atoms with Crippen molar-refractivity contribution in [3.8, 4) is 0 Å². The van der Waals surface area contributed by atoms with Crippen LogP contribution in [0.5, 0.6) is 0 Å². The van der Waals surface area contributed by atoms with Gasteiger partial charge in [0.05, 0.1) is 5.75 Å². The van der Waals surface area contributed by atoms with Gasteiger partial charge < -0.3 is 21.7 Å². The lowest BCUT2D eigenvalue weighted by atomic mass is 9.91. The first-order valence-electron chi connectivity index (χ1n) is 16.0. The number of benzene rings is 3. The molecule has 3 aromatic carbocycles. The molecule has 7 N–H and O–H groups in total. The maximum atomic E-state index is 13.8. The second-order valence-electron chi connectivity index (χ2n) is 12.0. The SMILES string of the molecule is N=C(N)c1ccc(CNC(=O)C(CCC2CCNCC2)NC(=O)C(CCCc2ccccc2)NS(=O)(=O)Cc2ccccc2)cc1. The number of carbonyl (C=O) groups excluding carboxylic acids is 2. The summed E-state index contributed by atoms with van der Waals surface area (Å²) < 4.78 is 29.1. The molecule has 1 aliphatic heterocycles. The largest absolute Gasteiger partial charge is 0.384 e. The Morgan fingerprint density at radius 2 is 1.46 bits per heavy atom. The van der Waals surface area contributed by atoms with Crippen molar-refractivity contribution in [2.24, 2.45) is 11.7 Å². The second-order valence-corrected chi connectivity index (χ2v) is 13.7. The van der Waals surface area contributed by atoms with Crippen LogP contribution in [0.15, 0.2) is 84.9 Å². The normalized spacial score (nSPS) is 15.0. The Hall–Kier alpha value is -4.06. The molecule has 0 radical (unpaired) electrons. The first-order chi connectivity index (χ1) is 22.2. The first kappa shape index (κ1) is 34.8. The van der Waals surface area contributed by atoms with Gasteiger partial charge in [-0.1, -0.05) is 84.9 Å². The Kier molecular flexibility index (Phi) is 13.3. The van der Waals surface area contributed by atoms with E-state index in [0.717, 1.165) is 43.5 Å². The zero-order valence-corrected chi connectivity index (χ0v) is 27.0. The molecule has 1 fully saturated rings. The van der Waals surface area contributed by atoms with Gasteiger partial charge in [0.25, 0.3) is 0 Å². The van der Waals surface area contributed by atoms with Crippen molar-refractivity contribution >= 4 is 27.7 Å². The number of aryl methyl sites for hydroxylation is 1. The molecule has 2 atom stereocenters. The number of nitrogens with one attached hydrogen (secondary N) is 5. The minimum atomic E-state index is -3.86. The van der Waals surface area contributed by atoms with E-state index in [9.17, 15) is 18.0 Å². The van der Waals surface area contributed by atoms with Gasteiger partial charge in [0, 0.05) is 12.1 Å². The van der Waals surface area contributed by atoms with Crippen LogP contribution in [0.3, 0.4) is 0 Å². The van der Waals surface area contributed by atoms with Gasteiger partial charge in [-0.2, -0.15) is 0 Å². The van der Waals surface area contributed by atoms with E-state index in [1.807, 2.05) is 36.4 Å². The van der Waals surface area contributed by atoms with Crippen LogP contribution in [0, 0.1) is 11.3 Å². The molecule has 11 heteroatoms. The fourth-order valence-corrected chi connectivity index (χ4v) is 7.05. The van der Waals surface area contributed by atoms with E-state index < -0.39 is 28.0 Å². The highest BCUT2D eigenvalue weighted by Crippen LogP contribution is 2.19. The number of amidine groups is 1. The van der Waals surface area contributed by atoms with Crippen LogP contribution in [0.4, 0.5) is 0 Å². The lowest BCUT2D eigenvalue weighted by molar-refractivity contribution is -0.130. The highest BCUT2D eigenvalue weighted by Gasteiger charge is 2.29. The van der Waals surface area contributed by atoms with E-state index in [4.69, 9.17) is 11.1 Å². The zero-order chi connectivity index (χ0) is 32.8. The van der Waals surface area contributed by atoms with Crippen molar-refractivity contribution in [1.29, 1.82) is 5.41 Å². The Balaban J connectivity index is 1.46. The molecule has 0 spiro atoms. The van der Waals surface area contributed by atoms with E-state index in [1.54, 1.807) is 48.5 Å². The minimum Gasteiger partial charge on any atom is -0.384 e. The maximum absolute atomic E-state index is 13.8. The second kappa shape index (κ2) is 17.6. The molecular weight excluding hydrogens is 600 g/mol. The van der Waals surface area contributed by atoms with Crippen molar-refractivity contribution < 1.29 is 18.0 Å². The highest BCUT2D eigenvalue weighted by atomic mass is 32.2. The predicted octanol–water partition coefficient (Wildman–Crippen LogP) is 3.36. The number of nitrogen functional groups attached to an aromatic ring is 1. The van der Waals surface area contributed by atoms with Gasteiger partial charge in [-0.15, -0.1) is 0 Å². The van der Waals surface area contributed by atoms with Gasteiger partial charge in [-0.3, -0.25) is 15.0 Å². The summed E-state index contributed by atoms with van der Waals surface area (Å²) in [5.74, 6) is -0.681. The van der Waals surface area contributed by atoms with Crippen molar-refractivity contribution in [2.45, 2.75) is 69.3 Å². The Labute approximate surface area is 272 Å². The number of carbonyl (C=O) groups is 2. The molecule has 2 amide bonds. The number of hydrogen-bond acceptors (Lipinski definition) is 6. The minimum absolute atomic E-state index is 0.0333. The number of sulfonamides is 1. The summed E-state index contributed by atoms with van der Waals surface area (Å²) in [5.41, 5.74) is 8.70. The topological polar surface area (TPSA) is 166 Å². The third-order valence-corrected chi connectivity index (χ3v) is 9.68. The molecule has 0 aliphatic carbocycles. The fourth-order valence-electron chi connectivity index (χ4n) is 5.68. The molecule has 1 saturated heterocycles. The van der Waals surface area contributed by atoms with E-state index in [2.05, 4.69) is 20.7 Å². The molecule has 1 aliphatic rings. The lowest BCUT2D eigenvalue weighted by Crippen LogP contribution is -2.53. The molecule has 4 rings (SSSR count). The average Bonchev–Trinajstić information content (AvgIpc) is 3.06. The molecule has 10 nitrogen and oxygen atoms in total. The molecular formula is C35H46N6O4S. The van der Waals surface area contributed by atoms with Crippen molar-refractivity contribution in [3.63, 3.8) is 0 Å². The molecule has 246 valence electrons. The number of amides is 2. The van der Waals surface area contributed by atoms with Crippen LogP contribution in [0.25, 0.3) is 0 Å². The first-order valence-corrected chi connectivity index (χ1v) is 17.6. The van der Waals surface area contributed by atoms with Crippen LogP contribution in [-0.2, 0) is 38.3 Å². The molecule has 46 heavy (non-hydrogen) atoms. The summed E-state index contributed by atoms with van der Waals surface area (Å²) >= 11 is 0. The van der Waals surface area contributed by atoms with Gasteiger partial charge >= 0.3 is 0 Å². The van der Waals surface area contributed by atoms with Crippen LogP contribution in [-0.4, -0.2) is 51.2 Å². The summed E-state index contributed by atoms with van der Waals surface area (Å²) in [6.45, 7) is 2.09. The zero-order valence-electron chi connectivity index (χ0n) is 26.2. The van der Waals surface area contributed by atoms with Gasteiger partial charge in [0.15, 0.2) is 0 Å². The van der Waals surface area contributed by atoms with Crippen molar-refractivity contribution in [1.82, 2.24) is 20.7 Å². The number of nitrogens with two attached hydrogens (primary N) is 1. The lowest BCUT2D eigenvalue weighted by Gasteiger charge is -2.26. The van der Waals surface area contributed by atoms with Crippen LogP contribution < -0.4 is 26.4 Å². The Morgan fingerprint density at radius 1 is 0.826 bits per heavy atom. The molecule has 1 heterocycles. The standard InChI is InChI=1S/C35H46N6O4S/c36-33(37)30-17-14-28(15-18-30)24-39-34(42)31(19-16-27-20-22-38-23-21-27)40-35(43)32(13-7-12-26-8-3-1-4-9-26)41-46(44,45)25-29-10-5-2-6-11-29/h1-6,8-11,14-15,17-18,27,31-32,38,41H,7,12-13,16,19-25H2,(H3,36,37)(H,39,42)(H,40,43). The Morgan fingerprint density at radius 3 is 2.09 bits per heavy atom. The van der Waals surface area contributed by atoms with Crippen LogP contribution >= 0.6 is 0 Å². The van der Waals surface area contributed by atoms with Crippen LogP contribution in [0.2, 0.25) is 0 Å². The van der Waals surface area contributed by atoms with E-state index >= 15 is 0 Å². The van der Waals surface area contributed by atoms with E-state index in [1.165, 1.54) is 0 Å². The number of piperidine rings is 1. The summed E-state index contributed by atoms with van der Waals surface area (Å²) in [7, 11) is -3.86. The summed E-state index contributed by atoms with van der Waals surface area (Å²) in [6, 6.07) is 23.9. The van der Waals surface area contributed by atoms with E-state index in [0.29, 0.717) is 36.3 Å². The van der Waals surface area contributed by atoms with Crippen LogP contribution in [0.1, 0.15) is 60.8 Å². The third-order valence-electron chi connectivity index (χ3n) is 8.33. The van der Waals surface area contributed by atoms with Crippen molar-refractivity contribution in [3.05, 3.63) is 107 Å². The maximum Gasteiger partial charge on any atom is 0.242 e. The molecule has 0 saturated carbocycles. The monoisotopic (exact) mass is 646 g/mol. The molecule has 3 aromatic rings. The predicted molar refractivity (Wildman–Crippen MR) is 181 cm³/mol. The van der Waals surface area contributed by atoms with Gasteiger partial charge in [0.2, 0.25) is 21.8 Å². The Bertz CT molecular complexity index is 1510. The van der Waals surface area contributed by atoms with Gasteiger partial charge in [0.1, 0.15) is 17.9 Å². The number of hydrogen-bond donors (Lipinski definition) is 6. The van der Waals surface area contributed by atoms with E-state index in [-0.39, 0.29) is 30.5 Å². The summed E-state index contributed by atoms with van der Waals surface area (Å²) in [4.78, 5) is 27.3. The third kappa shape index (κ3) is 11.7. The van der Waals surface area contributed by atoms with Gasteiger partial charge in [-0.25, -0.2) is 13.1 Å². The summed E-state index contributed by atoms with van der Waals surface area (Å²) in [5, 5.41) is 16.8. The number of rotatable bonds is 17. The fraction of sp³-hybridized carbons (Fsp3) is 0.400. The molecule has 0 bridgehead atoms.